The van der Waals surface area contributed by atoms with Crippen molar-refractivity contribution >= 4 is 45.4 Å². The van der Waals surface area contributed by atoms with E-state index in [2.05, 4.69) is 17.2 Å². The minimum Gasteiger partial charge on any atom is -0.496 e. The van der Waals surface area contributed by atoms with Gasteiger partial charge in [-0.25, -0.2) is 12.7 Å². The summed E-state index contributed by atoms with van der Waals surface area (Å²) in [4.78, 5) is 38.1. The lowest BCUT2D eigenvalue weighted by Gasteiger charge is -2.24. The van der Waals surface area contributed by atoms with Crippen molar-refractivity contribution < 1.29 is 32.3 Å². The summed E-state index contributed by atoms with van der Waals surface area (Å²) >= 11 is 6.13. The van der Waals surface area contributed by atoms with Gasteiger partial charge in [0.1, 0.15) is 12.3 Å². The number of ether oxygens (including phenoxy) is 2. The van der Waals surface area contributed by atoms with Crippen LogP contribution in [0, 0.1) is 5.92 Å². The minimum atomic E-state index is -4.51. The Labute approximate surface area is 220 Å². The van der Waals surface area contributed by atoms with E-state index in [1.165, 1.54) is 26.4 Å². The maximum atomic E-state index is 13.6. The minimum absolute atomic E-state index is 0.0286. The van der Waals surface area contributed by atoms with Crippen LogP contribution in [-0.2, 0) is 30.8 Å². The fraction of sp³-hybridized carbons (Fsp3) is 0.320. The highest BCUT2D eigenvalue weighted by molar-refractivity contribution is 7.89. The molecule has 0 spiro atoms. The normalized spacial score (nSPS) is 16.1. The predicted octanol–water partition coefficient (Wildman–Crippen LogP) is 1.87. The summed E-state index contributed by atoms with van der Waals surface area (Å²) in [6.45, 7) is 3.43. The first-order chi connectivity index (χ1) is 17.6. The molecular weight excluding hydrogens is 522 g/mol. The molecule has 1 aliphatic heterocycles. The number of sulfonamides is 1. The summed E-state index contributed by atoms with van der Waals surface area (Å²) < 4.78 is 37.9. The lowest BCUT2D eigenvalue weighted by atomic mass is 9.96. The standard InChI is InChI=1S/C25H28ClN3O7S/c1-4-16-5-8-22(36-3)17(11-16)12-18-14-28-23(30)15-29(25(18)32)37(33,34)19-6-7-21(26)20(13-19)24(31)27-9-10-35-2/h4-8,11,13,18H,1,9-10,12,14-15H2,2-3H3,(H,27,31)(H,28,30). The smallest absolute Gasteiger partial charge is 0.267 e. The van der Waals surface area contributed by atoms with E-state index in [-0.39, 0.29) is 41.6 Å². The molecule has 1 unspecified atom stereocenters. The van der Waals surface area contributed by atoms with Gasteiger partial charge in [-0.3, -0.25) is 14.4 Å². The topological polar surface area (TPSA) is 131 Å². The Morgan fingerprint density at radius 1 is 1.24 bits per heavy atom. The quantitative estimate of drug-likeness (QED) is 0.432. The summed E-state index contributed by atoms with van der Waals surface area (Å²) in [7, 11) is -1.55. The van der Waals surface area contributed by atoms with Gasteiger partial charge in [-0.2, -0.15) is 0 Å². The van der Waals surface area contributed by atoms with Crippen LogP contribution in [-0.4, -0.2) is 70.9 Å². The van der Waals surface area contributed by atoms with Gasteiger partial charge in [0, 0.05) is 20.2 Å². The second-order valence-corrected chi connectivity index (χ2v) is 10.5. The van der Waals surface area contributed by atoms with E-state index in [1.54, 1.807) is 24.3 Å². The van der Waals surface area contributed by atoms with Crippen molar-refractivity contribution in [1.29, 1.82) is 0 Å². The molecule has 3 rings (SSSR count). The molecule has 0 aromatic heterocycles. The van der Waals surface area contributed by atoms with Crippen LogP contribution in [0.15, 0.2) is 47.9 Å². The van der Waals surface area contributed by atoms with Crippen molar-refractivity contribution in [3.8, 4) is 5.75 Å². The predicted molar refractivity (Wildman–Crippen MR) is 138 cm³/mol. The largest absolute Gasteiger partial charge is 0.496 e. The monoisotopic (exact) mass is 549 g/mol. The molecule has 2 aromatic rings. The van der Waals surface area contributed by atoms with Crippen LogP contribution in [0.25, 0.3) is 6.08 Å². The molecule has 0 aliphatic carbocycles. The molecule has 1 atom stereocenters. The number of carbonyl (C=O) groups is 3. The fourth-order valence-electron chi connectivity index (χ4n) is 3.83. The Morgan fingerprint density at radius 3 is 2.68 bits per heavy atom. The van der Waals surface area contributed by atoms with Crippen LogP contribution in [0.2, 0.25) is 5.02 Å². The van der Waals surface area contributed by atoms with Gasteiger partial charge < -0.3 is 20.1 Å². The maximum absolute atomic E-state index is 13.6. The van der Waals surface area contributed by atoms with Gasteiger partial charge in [-0.1, -0.05) is 30.3 Å². The summed E-state index contributed by atoms with van der Waals surface area (Å²) in [6.07, 6.45) is 1.75. The average Bonchev–Trinajstić information content (AvgIpc) is 3.02. The van der Waals surface area contributed by atoms with E-state index in [0.717, 1.165) is 11.6 Å². The summed E-state index contributed by atoms with van der Waals surface area (Å²) in [5.41, 5.74) is 1.37. The zero-order chi connectivity index (χ0) is 27.2. The molecule has 1 heterocycles. The van der Waals surface area contributed by atoms with Crippen LogP contribution in [0.5, 0.6) is 5.75 Å². The van der Waals surface area contributed by atoms with Gasteiger partial charge >= 0.3 is 0 Å². The van der Waals surface area contributed by atoms with Crippen LogP contribution < -0.4 is 15.4 Å². The van der Waals surface area contributed by atoms with Gasteiger partial charge in [0.05, 0.1) is 35.1 Å². The number of methoxy groups -OCH3 is 2. The molecule has 1 fully saturated rings. The number of amides is 3. The van der Waals surface area contributed by atoms with Gasteiger partial charge in [-0.05, 0) is 47.9 Å². The van der Waals surface area contributed by atoms with Crippen molar-refractivity contribution in [2.75, 3.05) is 40.5 Å². The molecule has 2 aromatic carbocycles. The number of carbonyl (C=O) groups excluding carboxylic acids is 3. The van der Waals surface area contributed by atoms with Gasteiger partial charge in [0.15, 0.2) is 0 Å². The van der Waals surface area contributed by atoms with Crippen LogP contribution in [0.3, 0.4) is 0 Å². The maximum Gasteiger partial charge on any atom is 0.267 e. The molecule has 1 saturated heterocycles. The second kappa shape index (κ2) is 12.2. The third-order valence-corrected chi connectivity index (χ3v) is 7.87. The summed E-state index contributed by atoms with van der Waals surface area (Å²) in [5, 5.41) is 5.21. The summed E-state index contributed by atoms with van der Waals surface area (Å²) in [6, 6.07) is 8.84. The van der Waals surface area contributed by atoms with E-state index in [4.69, 9.17) is 21.1 Å². The number of nitrogens with zero attached hydrogens (tertiary/aromatic N) is 1. The number of rotatable bonds is 10. The fourth-order valence-corrected chi connectivity index (χ4v) is 5.47. The van der Waals surface area contributed by atoms with Gasteiger partial charge in [0.2, 0.25) is 11.8 Å². The van der Waals surface area contributed by atoms with E-state index >= 15 is 0 Å². The Bertz CT molecular complexity index is 1310. The zero-order valence-corrected chi connectivity index (χ0v) is 22.0. The number of hydrogen-bond acceptors (Lipinski definition) is 7. The molecule has 2 N–H and O–H groups in total. The van der Waals surface area contributed by atoms with E-state index in [1.807, 2.05) is 0 Å². The van der Waals surface area contributed by atoms with E-state index < -0.39 is 40.2 Å². The Balaban J connectivity index is 1.95. The Kier molecular flexibility index (Phi) is 9.30. The zero-order valence-electron chi connectivity index (χ0n) is 20.5. The molecule has 198 valence electrons. The van der Waals surface area contributed by atoms with Crippen LogP contribution in [0.1, 0.15) is 21.5 Å². The van der Waals surface area contributed by atoms with E-state index in [0.29, 0.717) is 15.6 Å². The number of nitrogens with one attached hydrogen (secondary N) is 2. The van der Waals surface area contributed by atoms with Crippen LogP contribution in [0.4, 0.5) is 0 Å². The Morgan fingerprint density at radius 2 is 2.00 bits per heavy atom. The second-order valence-electron chi connectivity index (χ2n) is 8.22. The molecular formula is C25H28ClN3O7S. The third-order valence-electron chi connectivity index (χ3n) is 5.80. The first-order valence-corrected chi connectivity index (χ1v) is 13.1. The van der Waals surface area contributed by atoms with E-state index in [9.17, 15) is 22.8 Å². The number of hydrogen-bond donors (Lipinski definition) is 2. The molecule has 0 bridgehead atoms. The van der Waals surface area contributed by atoms with Crippen LogP contribution >= 0.6 is 11.6 Å². The first kappa shape index (κ1) is 28.2. The van der Waals surface area contributed by atoms with Crippen molar-refractivity contribution in [3.63, 3.8) is 0 Å². The number of halogens is 1. The Hall–Kier alpha value is -3.41. The van der Waals surface area contributed by atoms with Crippen molar-refractivity contribution in [2.24, 2.45) is 5.92 Å². The van der Waals surface area contributed by atoms with Crippen molar-refractivity contribution in [1.82, 2.24) is 14.9 Å². The molecule has 37 heavy (non-hydrogen) atoms. The highest BCUT2D eigenvalue weighted by Gasteiger charge is 2.38. The van der Waals surface area contributed by atoms with Crippen molar-refractivity contribution in [2.45, 2.75) is 11.3 Å². The van der Waals surface area contributed by atoms with Gasteiger partial charge in [-0.15, -0.1) is 0 Å². The summed E-state index contributed by atoms with van der Waals surface area (Å²) in [5.74, 6) is -2.36. The molecule has 0 radical (unpaired) electrons. The molecule has 1 aliphatic rings. The number of benzene rings is 2. The third kappa shape index (κ3) is 6.48. The molecule has 3 amide bonds. The highest BCUT2D eigenvalue weighted by Crippen LogP contribution is 2.28. The average molecular weight is 550 g/mol. The lowest BCUT2D eigenvalue weighted by Crippen LogP contribution is -2.42. The molecule has 0 saturated carbocycles. The lowest BCUT2D eigenvalue weighted by molar-refractivity contribution is -0.131. The molecule has 12 heteroatoms. The van der Waals surface area contributed by atoms with Gasteiger partial charge in [0.25, 0.3) is 15.9 Å². The van der Waals surface area contributed by atoms with Crippen molar-refractivity contribution in [3.05, 3.63) is 64.7 Å². The SMILES string of the molecule is C=Cc1ccc(OC)c(CC2CNC(=O)CN(S(=O)(=O)c3ccc(Cl)c(C(=O)NCCOC)c3)C2=O)c1. The molecule has 10 nitrogen and oxygen atoms in total. The first-order valence-electron chi connectivity index (χ1n) is 11.3. The highest BCUT2D eigenvalue weighted by atomic mass is 35.5.